The number of hydrogen-bond donors (Lipinski definition) is 0. The van der Waals surface area contributed by atoms with Gasteiger partial charge in [0.05, 0.1) is 11.8 Å². The largest absolute Gasteiger partial charge is 0.312 e. The first kappa shape index (κ1) is 18.6. The summed E-state index contributed by atoms with van der Waals surface area (Å²) in [6.45, 7) is 2.96. The van der Waals surface area contributed by atoms with Crippen molar-refractivity contribution < 1.29 is 14.4 Å². The van der Waals surface area contributed by atoms with Crippen molar-refractivity contribution in [2.75, 3.05) is 18.0 Å². The molecule has 2 fully saturated rings. The van der Waals surface area contributed by atoms with Crippen molar-refractivity contribution in [3.8, 4) is 0 Å². The van der Waals surface area contributed by atoms with Crippen molar-refractivity contribution in [1.29, 1.82) is 0 Å². The molecule has 1 aliphatic carbocycles. The van der Waals surface area contributed by atoms with Crippen LogP contribution in [0.4, 0.5) is 5.69 Å². The summed E-state index contributed by atoms with van der Waals surface area (Å²) in [5.41, 5.74) is 0.874. The van der Waals surface area contributed by atoms with Crippen molar-refractivity contribution in [2.24, 2.45) is 11.8 Å². The van der Waals surface area contributed by atoms with Gasteiger partial charge in [-0.2, -0.15) is 0 Å². The van der Waals surface area contributed by atoms with Gasteiger partial charge in [-0.25, -0.2) is 0 Å². The summed E-state index contributed by atoms with van der Waals surface area (Å²) in [4.78, 5) is 41.0. The van der Waals surface area contributed by atoms with Crippen LogP contribution in [0.15, 0.2) is 30.3 Å². The molecule has 3 amide bonds. The minimum absolute atomic E-state index is 0.0277. The summed E-state index contributed by atoms with van der Waals surface area (Å²) in [6, 6.07) is 9.61. The van der Waals surface area contributed by atoms with Gasteiger partial charge >= 0.3 is 0 Å². The zero-order valence-electron chi connectivity index (χ0n) is 15.5. The van der Waals surface area contributed by atoms with Crippen LogP contribution in [0.1, 0.15) is 51.9 Å². The van der Waals surface area contributed by atoms with E-state index in [2.05, 4.69) is 6.92 Å². The third-order valence-electron chi connectivity index (χ3n) is 5.59. The maximum absolute atomic E-state index is 12.8. The monoisotopic (exact) mass is 356 g/mol. The highest BCUT2D eigenvalue weighted by atomic mass is 16.2. The van der Waals surface area contributed by atoms with Crippen LogP contribution >= 0.6 is 0 Å². The molecule has 0 aromatic heterocycles. The average Bonchev–Trinajstić information content (AvgIpc) is 2.92. The smallest absolute Gasteiger partial charge is 0.233 e. The summed E-state index contributed by atoms with van der Waals surface area (Å²) in [7, 11) is 0. The van der Waals surface area contributed by atoms with E-state index in [1.54, 1.807) is 4.90 Å². The Balaban J connectivity index is 1.64. The van der Waals surface area contributed by atoms with Crippen molar-refractivity contribution in [2.45, 2.75) is 51.9 Å². The molecule has 0 spiro atoms. The number of benzene rings is 1. The number of carbonyl (C=O) groups excluding carboxylic acids is 3. The molecule has 1 aliphatic heterocycles. The zero-order valence-corrected chi connectivity index (χ0v) is 15.5. The Morgan fingerprint density at radius 1 is 1.08 bits per heavy atom. The molecule has 0 N–H and O–H groups in total. The number of anilines is 1. The van der Waals surface area contributed by atoms with E-state index < -0.39 is 0 Å². The lowest BCUT2D eigenvalue weighted by Crippen LogP contribution is -2.38. The lowest BCUT2D eigenvalue weighted by atomic mass is 9.81. The molecule has 1 aromatic rings. The second-order valence-electron chi connectivity index (χ2n) is 7.31. The van der Waals surface area contributed by atoms with Crippen LogP contribution in [0.5, 0.6) is 0 Å². The van der Waals surface area contributed by atoms with Crippen LogP contribution in [0.2, 0.25) is 0 Å². The van der Waals surface area contributed by atoms with Crippen molar-refractivity contribution in [3.05, 3.63) is 30.3 Å². The molecule has 1 saturated heterocycles. The van der Waals surface area contributed by atoms with E-state index in [-0.39, 0.29) is 42.5 Å². The number of likely N-dealkylation sites (tertiary alicyclic amines) is 1. The molecule has 2 aliphatic rings. The zero-order chi connectivity index (χ0) is 18.5. The van der Waals surface area contributed by atoms with Gasteiger partial charge < -0.3 is 4.90 Å². The predicted octanol–water partition coefficient (Wildman–Crippen LogP) is 3.39. The molecule has 1 aromatic carbocycles. The van der Waals surface area contributed by atoms with Gasteiger partial charge in [0.2, 0.25) is 17.7 Å². The number of amides is 3. The van der Waals surface area contributed by atoms with Gasteiger partial charge in [-0.05, 0) is 31.4 Å². The minimum atomic E-state index is -0.142. The second kappa shape index (κ2) is 8.47. The van der Waals surface area contributed by atoms with E-state index in [4.69, 9.17) is 0 Å². The third kappa shape index (κ3) is 3.81. The molecule has 140 valence electrons. The molecule has 26 heavy (non-hydrogen) atoms. The summed E-state index contributed by atoms with van der Waals surface area (Å²) in [5.74, 6) is -0.437. The summed E-state index contributed by atoms with van der Waals surface area (Å²) in [6.07, 6.45) is 5.78. The molecule has 0 radical (unpaired) electrons. The Bertz CT molecular complexity index is 634. The molecular formula is C21H28N2O3. The fourth-order valence-corrected chi connectivity index (χ4v) is 4.12. The van der Waals surface area contributed by atoms with Gasteiger partial charge in [-0.1, -0.05) is 44.4 Å². The van der Waals surface area contributed by atoms with Crippen molar-refractivity contribution >= 4 is 23.4 Å². The van der Waals surface area contributed by atoms with Gasteiger partial charge in [-0.3, -0.25) is 19.3 Å². The Morgan fingerprint density at radius 2 is 1.69 bits per heavy atom. The maximum atomic E-state index is 12.8. The third-order valence-corrected chi connectivity index (χ3v) is 5.59. The molecule has 2 atom stereocenters. The Labute approximate surface area is 155 Å². The highest BCUT2D eigenvalue weighted by molar-refractivity contribution is 6.05. The van der Waals surface area contributed by atoms with E-state index in [1.165, 1.54) is 4.90 Å². The number of unbranched alkanes of at least 4 members (excludes halogenated alkanes) is 1. The maximum Gasteiger partial charge on any atom is 0.233 e. The fraction of sp³-hybridized carbons (Fsp3) is 0.571. The number of fused-ring (bicyclic) bond motifs is 1. The standard InChI is InChI=1S/C21H28N2O3/c1-2-3-14-22(16-9-5-4-6-10-16)19(24)13-15-23-20(25)17-11-7-8-12-18(17)21(23)26/h4-6,9-10,17-18H,2-3,7-8,11-15H2,1H3/t17-,18+. The Hall–Kier alpha value is -2.17. The van der Waals surface area contributed by atoms with Gasteiger partial charge in [0.25, 0.3) is 0 Å². The minimum Gasteiger partial charge on any atom is -0.312 e. The van der Waals surface area contributed by atoms with Gasteiger partial charge in [0, 0.05) is 25.2 Å². The predicted molar refractivity (Wildman–Crippen MR) is 100 cm³/mol. The van der Waals surface area contributed by atoms with Crippen molar-refractivity contribution in [3.63, 3.8) is 0 Å². The van der Waals surface area contributed by atoms with Crippen LogP contribution in [-0.2, 0) is 14.4 Å². The topological polar surface area (TPSA) is 57.7 Å². The van der Waals surface area contributed by atoms with E-state index in [0.717, 1.165) is 44.2 Å². The van der Waals surface area contributed by atoms with Gasteiger partial charge in [-0.15, -0.1) is 0 Å². The number of rotatable bonds is 7. The molecule has 5 nitrogen and oxygen atoms in total. The average molecular weight is 356 g/mol. The number of nitrogens with zero attached hydrogens (tertiary/aromatic N) is 2. The molecule has 3 rings (SSSR count). The van der Waals surface area contributed by atoms with Crippen LogP contribution < -0.4 is 4.90 Å². The normalized spacial score (nSPS) is 22.4. The molecule has 1 heterocycles. The van der Waals surface area contributed by atoms with Gasteiger partial charge in [0.1, 0.15) is 0 Å². The van der Waals surface area contributed by atoms with E-state index in [1.807, 2.05) is 30.3 Å². The quantitative estimate of drug-likeness (QED) is 0.704. The summed E-state index contributed by atoms with van der Waals surface area (Å²) in [5, 5.41) is 0. The highest BCUT2D eigenvalue weighted by Crippen LogP contribution is 2.38. The highest BCUT2D eigenvalue weighted by Gasteiger charge is 2.47. The first-order valence-electron chi connectivity index (χ1n) is 9.84. The Morgan fingerprint density at radius 3 is 2.27 bits per heavy atom. The van der Waals surface area contributed by atoms with Gasteiger partial charge in [0.15, 0.2) is 0 Å². The molecule has 0 bridgehead atoms. The lowest BCUT2D eigenvalue weighted by Gasteiger charge is -2.24. The van der Waals surface area contributed by atoms with Crippen molar-refractivity contribution in [1.82, 2.24) is 4.90 Å². The Kier molecular flexibility index (Phi) is 6.07. The second-order valence-corrected chi connectivity index (χ2v) is 7.31. The van der Waals surface area contributed by atoms with E-state index in [0.29, 0.717) is 6.54 Å². The van der Waals surface area contributed by atoms with Crippen LogP contribution in [0.3, 0.4) is 0 Å². The first-order chi connectivity index (χ1) is 12.6. The van der Waals surface area contributed by atoms with Crippen LogP contribution in [0.25, 0.3) is 0 Å². The summed E-state index contributed by atoms with van der Waals surface area (Å²) < 4.78 is 0. The number of imide groups is 1. The number of hydrogen-bond acceptors (Lipinski definition) is 3. The SMILES string of the molecule is CCCCN(C(=O)CCN1C(=O)[C@H]2CCCC[C@H]2C1=O)c1ccccc1. The molecule has 1 saturated carbocycles. The fourth-order valence-electron chi connectivity index (χ4n) is 4.12. The summed E-state index contributed by atoms with van der Waals surface area (Å²) >= 11 is 0. The molecule has 0 unspecified atom stereocenters. The van der Waals surface area contributed by atoms with E-state index >= 15 is 0 Å². The lowest BCUT2D eigenvalue weighted by molar-refractivity contribution is -0.140. The molecule has 5 heteroatoms. The van der Waals surface area contributed by atoms with Crippen LogP contribution in [-0.4, -0.2) is 35.7 Å². The first-order valence-corrected chi connectivity index (χ1v) is 9.84. The van der Waals surface area contributed by atoms with E-state index in [9.17, 15) is 14.4 Å². The number of para-hydroxylation sites is 1. The molecular weight excluding hydrogens is 328 g/mol. The number of carbonyl (C=O) groups is 3. The van der Waals surface area contributed by atoms with Crippen LogP contribution in [0, 0.1) is 11.8 Å².